The van der Waals surface area contributed by atoms with E-state index in [1.54, 1.807) is 0 Å². The lowest BCUT2D eigenvalue weighted by Gasteiger charge is -2.46. The van der Waals surface area contributed by atoms with Crippen LogP contribution in [0.4, 0.5) is 0 Å². The monoisotopic (exact) mass is 385 g/mol. The van der Waals surface area contributed by atoms with Crippen molar-refractivity contribution < 1.29 is 0 Å². The van der Waals surface area contributed by atoms with Gasteiger partial charge in [0, 0.05) is 31.0 Å². The molecule has 1 aliphatic heterocycles. The highest BCUT2D eigenvalue weighted by molar-refractivity contribution is 5.58. The summed E-state index contributed by atoms with van der Waals surface area (Å²) in [5.41, 5.74) is 8.20. The molecule has 1 aliphatic carbocycles. The Balaban J connectivity index is 2.23. The van der Waals surface area contributed by atoms with Gasteiger partial charge in [-0.3, -0.25) is 4.90 Å². The lowest BCUT2D eigenvalue weighted by atomic mass is 9.60. The van der Waals surface area contributed by atoms with Gasteiger partial charge < -0.3 is 5.73 Å². The zero-order valence-corrected chi connectivity index (χ0v) is 17.5. The van der Waals surface area contributed by atoms with Crippen LogP contribution in [0.5, 0.6) is 0 Å². The molecule has 2 atom stereocenters. The lowest BCUT2D eigenvalue weighted by molar-refractivity contribution is 0.186. The van der Waals surface area contributed by atoms with Crippen LogP contribution < -0.4 is 5.73 Å². The Labute approximate surface area is 173 Å². The molecule has 2 N–H and O–H groups in total. The predicted octanol–water partition coefficient (Wildman–Crippen LogP) is 3.94. The van der Waals surface area contributed by atoms with Gasteiger partial charge in [0.25, 0.3) is 0 Å². The van der Waals surface area contributed by atoms with Gasteiger partial charge in [0.15, 0.2) is 0 Å². The summed E-state index contributed by atoms with van der Waals surface area (Å²) in [5, 5.41) is 29.9. The molecule has 0 amide bonds. The van der Waals surface area contributed by atoms with Crippen molar-refractivity contribution in [3.8, 4) is 18.2 Å². The Bertz CT molecular complexity index is 962. The van der Waals surface area contributed by atoms with Gasteiger partial charge in [-0.05, 0) is 36.5 Å². The van der Waals surface area contributed by atoms with Crippen LogP contribution in [-0.4, -0.2) is 24.0 Å². The molecule has 2 aliphatic rings. The van der Waals surface area contributed by atoms with Crippen LogP contribution in [0.3, 0.4) is 0 Å². The van der Waals surface area contributed by atoms with Crippen LogP contribution in [-0.2, 0) is 0 Å². The van der Waals surface area contributed by atoms with Crippen molar-refractivity contribution in [2.24, 2.45) is 17.1 Å². The maximum absolute atomic E-state index is 9.98. The van der Waals surface area contributed by atoms with Crippen LogP contribution in [0.1, 0.15) is 50.7 Å². The smallest absolute Gasteiger partial charge is 0.204 e. The minimum Gasteiger partial charge on any atom is -0.399 e. The highest BCUT2D eigenvalue weighted by atomic mass is 15.2. The fraction of sp³-hybridized carbons (Fsp3) is 0.458. The summed E-state index contributed by atoms with van der Waals surface area (Å²) >= 11 is 0. The first-order valence-corrected chi connectivity index (χ1v) is 10.1. The summed E-state index contributed by atoms with van der Waals surface area (Å²) < 4.78 is 0. The number of hydrogen-bond donors (Lipinski definition) is 1. The number of rotatable bonds is 3. The van der Waals surface area contributed by atoms with Crippen LogP contribution in [0, 0.1) is 45.3 Å². The van der Waals surface area contributed by atoms with Crippen LogP contribution in [0.25, 0.3) is 0 Å². The number of fused-ring (bicyclic) bond motifs is 1. The number of allylic oxidation sites excluding steroid dienone is 2. The number of nitriles is 3. The van der Waals surface area contributed by atoms with Crippen molar-refractivity contribution in [1.29, 1.82) is 15.8 Å². The van der Waals surface area contributed by atoms with Gasteiger partial charge in [-0.25, -0.2) is 0 Å². The Morgan fingerprint density at radius 3 is 2.17 bits per heavy atom. The third-order valence-corrected chi connectivity index (χ3v) is 6.37. The molecule has 0 spiro atoms. The first-order chi connectivity index (χ1) is 13.8. The average molecular weight is 386 g/mol. The van der Waals surface area contributed by atoms with E-state index in [9.17, 15) is 15.8 Å². The second-order valence-electron chi connectivity index (χ2n) is 8.53. The molecule has 0 unspecified atom stereocenters. The average Bonchev–Trinajstić information content (AvgIpc) is 2.73. The van der Waals surface area contributed by atoms with E-state index in [0.29, 0.717) is 30.6 Å². The molecule has 0 saturated heterocycles. The fourth-order valence-corrected chi connectivity index (χ4v) is 4.55. The number of hydrogen-bond acceptors (Lipinski definition) is 5. The van der Waals surface area contributed by atoms with Crippen molar-refractivity contribution in [3.63, 3.8) is 0 Å². The van der Waals surface area contributed by atoms with E-state index in [1.165, 1.54) is 5.56 Å². The maximum atomic E-state index is 9.98. The van der Waals surface area contributed by atoms with Crippen molar-refractivity contribution >= 4 is 0 Å². The predicted molar refractivity (Wildman–Crippen MR) is 112 cm³/mol. The van der Waals surface area contributed by atoms with E-state index in [2.05, 4.69) is 75.1 Å². The van der Waals surface area contributed by atoms with Crippen molar-refractivity contribution in [3.05, 3.63) is 58.3 Å². The summed E-state index contributed by atoms with van der Waals surface area (Å²) in [6, 6.07) is 15.1. The molecule has 0 aromatic heterocycles. The Morgan fingerprint density at radius 2 is 1.69 bits per heavy atom. The minimum absolute atomic E-state index is 0.0865. The molecule has 0 fully saturated rings. The van der Waals surface area contributed by atoms with E-state index >= 15 is 0 Å². The second kappa shape index (κ2) is 7.75. The summed E-state index contributed by atoms with van der Waals surface area (Å²) in [6.07, 6.45) is 1.98. The van der Waals surface area contributed by atoms with E-state index in [0.717, 1.165) is 11.1 Å². The lowest BCUT2D eigenvalue weighted by Crippen LogP contribution is -2.48. The van der Waals surface area contributed by atoms with E-state index in [-0.39, 0.29) is 17.5 Å². The summed E-state index contributed by atoms with van der Waals surface area (Å²) in [5.74, 6) is 0.0130. The SMILES string of the molecule is CC(C)c1ccc([C@@H]2C(C#N)=C(N)C(C#N)(C#N)C3=CCN(C(C)C)C[C@@H]32)cc1. The van der Waals surface area contributed by atoms with E-state index < -0.39 is 5.41 Å². The normalized spacial score (nSPS) is 23.8. The number of nitrogens with two attached hydrogens (primary N) is 1. The second-order valence-corrected chi connectivity index (χ2v) is 8.53. The van der Waals surface area contributed by atoms with E-state index in [4.69, 9.17) is 5.73 Å². The van der Waals surface area contributed by atoms with Gasteiger partial charge in [-0.2, -0.15) is 15.8 Å². The van der Waals surface area contributed by atoms with Crippen molar-refractivity contribution in [2.75, 3.05) is 13.1 Å². The first kappa shape index (κ1) is 20.7. The zero-order valence-electron chi connectivity index (χ0n) is 17.5. The quantitative estimate of drug-likeness (QED) is 0.794. The molecule has 1 heterocycles. The molecule has 0 saturated carbocycles. The summed E-state index contributed by atoms with van der Waals surface area (Å²) in [7, 11) is 0. The molecule has 1 aromatic carbocycles. The Hall–Kier alpha value is -3.07. The van der Waals surface area contributed by atoms with Gasteiger partial charge in [0.05, 0.1) is 29.5 Å². The van der Waals surface area contributed by atoms with Gasteiger partial charge >= 0.3 is 0 Å². The molecular formula is C24H27N5. The fourth-order valence-electron chi connectivity index (χ4n) is 4.55. The molecule has 1 aromatic rings. The third kappa shape index (κ3) is 3.21. The van der Waals surface area contributed by atoms with Gasteiger partial charge in [-0.1, -0.05) is 44.2 Å². The number of benzene rings is 1. The summed E-state index contributed by atoms with van der Waals surface area (Å²) in [6.45, 7) is 9.90. The topological polar surface area (TPSA) is 101 Å². The van der Waals surface area contributed by atoms with E-state index in [1.807, 2.05) is 6.08 Å². The zero-order chi connectivity index (χ0) is 21.3. The molecule has 3 rings (SSSR count). The van der Waals surface area contributed by atoms with Crippen molar-refractivity contribution in [2.45, 2.75) is 45.6 Å². The molecule has 0 radical (unpaired) electrons. The minimum atomic E-state index is -1.56. The van der Waals surface area contributed by atoms with Gasteiger partial charge in [-0.15, -0.1) is 0 Å². The Morgan fingerprint density at radius 1 is 1.07 bits per heavy atom. The van der Waals surface area contributed by atoms with Crippen molar-refractivity contribution in [1.82, 2.24) is 4.90 Å². The standard InChI is InChI=1S/C24H27N5/c1-15(2)17-5-7-18(8-6-17)22-19(11-25)23(28)24(13-26,14-27)21-9-10-29(16(3)4)12-20(21)22/h5-9,15-16,20,22H,10,12,28H2,1-4H3/t20-,22+/m0/s1. The highest BCUT2D eigenvalue weighted by Crippen LogP contribution is 2.52. The van der Waals surface area contributed by atoms with Crippen LogP contribution >= 0.6 is 0 Å². The molecule has 29 heavy (non-hydrogen) atoms. The Kier molecular flexibility index (Phi) is 5.52. The molecule has 5 nitrogen and oxygen atoms in total. The maximum Gasteiger partial charge on any atom is 0.204 e. The molecule has 0 bridgehead atoms. The first-order valence-electron chi connectivity index (χ1n) is 10.1. The van der Waals surface area contributed by atoms with Gasteiger partial charge in [0.1, 0.15) is 0 Å². The highest BCUT2D eigenvalue weighted by Gasteiger charge is 2.52. The third-order valence-electron chi connectivity index (χ3n) is 6.37. The largest absolute Gasteiger partial charge is 0.399 e. The van der Waals surface area contributed by atoms with Crippen LogP contribution in [0.15, 0.2) is 47.2 Å². The molecular weight excluding hydrogens is 358 g/mol. The molecule has 5 heteroatoms. The van der Waals surface area contributed by atoms with Gasteiger partial charge in [0.2, 0.25) is 5.41 Å². The molecule has 148 valence electrons. The van der Waals surface area contributed by atoms with Crippen LogP contribution in [0.2, 0.25) is 0 Å². The summed E-state index contributed by atoms with van der Waals surface area (Å²) in [4.78, 5) is 2.31. The number of nitrogens with zero attached hydrogens (tertiary/aromatic N) is 4.